The predicted molar refractivity (Wildman–Crippen MR) is 99.6 cm³/mol. The van der Waals surface area contributed by atoms with Crippen molar-refractivity contribution in [3.63, 3.8) is 0 Å². The van der Waals surface area contributed by atoms with Gasteiger partial charge in [0.1, 0.15) is 6.04 Å². The van der Waals surface area contributed by atoms with Crippen LogP contribution in [0, 0.1) is 0 Å². The molecule has 0 unspecified atom stereocenters. The zero-order valence-corrected chi connectivity index (χ0v) is 16.2. The number of halogens is 1. The van der Waals surface area contributed by atoms with Gasteiger partial charge in [0.15, 0.2) is 6.10 Å². The van der Waals surface area contributed by atoms with E-state index in [1.54, 1.807) is 22.7 Å². The number of nitrogens with one attached hydrogen (secondary N) is 1. The first kappa shape index (κ1) is 19.0. The summed E-state index contributed by atoms with van der Waals surface area (Å²) in [5.41, 5.74) is 0.784. The summed E-state index contributed by atoms with van der Waals surface area (Å²) in [7, 11) is 0. The van der Waals surface area contributed by atoms with Gasteiger partial charge in [-0.25, -0.2) is 4.79 Å². The monoisotopic (exact) mass is 396 g/mol. The normalized spacial score (nSPS) is 25.7. The molecule has 6 nitrogen and oxygen atoms in total. The first-order valence-corrected chi connectivity index (χ1v) is 9.86. The summed E-state index contributed by atoms with van der Waals surface area (Å²) in [4.78, 5) is 38.1. The largest absolute Gasteiger partial charge is 0.451 e. The molecule has 1 aromatic carbocycles. The van der Waals surface area contributed by atoms with Crippen LogP contribution in [0.5, 0.6) is 0 Å². The maximum Gasteiger partial charge on any atom is 0.330 e. The van der Waals surface area contributed by atoms with Crippen LogP contribution in [0.15, 0.2) is 24.3 Å². The zero-order valence-electron chi connectivity index (χ0n) is 14.7. The van der Waals surface area contributed by atoms with Crippen LogP contribution in [0.2, 0.25) is 5.02 Å². The van der Waals surface area contributed by atoms with Crippen molar-refractivity contribution in [2.24, 2.45) is 0 Å². The Kier molecular flexibility index (Phi) is 5.48. The molecule has 0 saturated carbocycles. The Morgan fingerprint density at radius 3 is 2.92 bits per heavy atom. The first-order valence-electron chi connectivity index (χ1n) is 8.49. The van der Waals surface area contributed by atoms with E-state index < -0.39 is 24.0 Å². The molecule has 2 aliphatic heterocycles. The lowest BCUT2D eigenvalue weighted by Gasteiger charge is -2.29. The van der Waals surface area contributed by atoms with Gasteiger partial charge in [-0.3, -0.25) is 9.59 Å². The maximum absolute atomic E-state index is 12.5. The molecule has 0 spiro atoms. The molecule has 2 amide bonds. The number of benzene rings is 1. The van der Waals surface area contributed by atoms with Gasteiger partial charge in [0, 0.05) is 23.7 Å². The second-order valence-corrected chi connectivity index (χ2v) is 8.56. The van der Waals surface area contributed by atoms with Gasteiger partial charge in [0.05, 0.1) is 4.87 Å². The number of hydrogen-bond acceptors (Lipinski definition) is 5. The van der Waals surface area contributed by atoms with Crippen molar-refractivity contribution in [2.45, 2.75) is 50.3 Å². The quantitative estimate of drug-likeness (QED) is 0.773. The van der Waals surface area contributed by atoms with E-state index in [1.807, 2.05) is 25.1 Å². The van der Waals surface area contributed by atoms with Crippen LogP contribution in [0.4, 0.5) is 0 Å². The van der Waals surface area contributed by atoms with Gasteiger partial charge in [-0.2, -0.15) is 0 Å². The molecule has 26 heavy (non-hydrogen) atoms. The fourth-order valence-electron chi connectivity index (χ4n) is 3.27. The number of fused-ring (bicyclic) bond motifs is 1. The Labute approximate surface area is 161 Å². The minimum Gasteiger partial charge on any atom is -0.451 e. The average molecular weight is 397 g/mol. The summed E-state index contributed by atoms with van der Waals surface area (Å²) < 4.78 is 5.33. The lowest BCUT2D eigenvalue weighted by Crippen LogP contribution is -2.48. The van der Waals surface area contributed by atoms with Gasteiger partial charge in [0.25, 0.3) is 5.91 Å². The molecule has 0 aromatic heterocycles. The number of hydrogen-bond donors (Lipinski definition) is 1. The van der Waals surface area contributed by atoms with E-state index in [-0.39, 0.29) is 17.3 Å². The van der Waals surface area contributed by atoms with Crippen LogP contribution in [-0.4, -0.2) is 45.5 Å². The Morgan fingerprint density at radius 1 is 1.46 bits per heavy atom. The molecule has 2 saturated heterocycles. The smallest absolute Gasteiger partial charge is 0.330 e. The molecule has 1 aromatic rings. The molecule has 2 fully saturated rings. The van der Waals surface area contributed by atoms with Gasteiger partial charge < -0.3 is 15.0 Å². The Balaban J connectivity index is 1.55. The Morgan fingerprint density at radius 2 is 2.19 bits per heavy atom. The number of thioether (sulfide) groups is 1. The number of ether oxygens (including phenoxy) is 1. The summed E-state index contributed by atoms with van der Waals surface area (Å²) in [6.07, 6.45) is 0.231. The second kappa shape index (κ2) is 7.48. The van der Waals surface area contributed by atoms with E-state index in [1.165, 1.54) is 6.92 Å². The van der Waals surface area contributed by atoms with Crippen LogP contribution in [0.25, 0.3) is 0 Å². The third-order valence-corrected chi connectivity index (χ3v) is 6.66. The van der Waals surface area contributed by atoms with E-state index in [0.717, 1.165) is 12.0 Å². The molecule has 2 aliphatic rings. The first-order chi connectivity index (χ1) is 12.3. The fourth-order valence-corrected chi connectivity index (χ4v) is 4.89. The van der Waals surface area contributed by atoms with Crippen molar-refractivity contribution in [3.8, 4) is 0 Å². The van der Waals surface area contributed by atoms with Crippen LogP contribution in [0.1, 0.15) is 32.3 Å². The maximum atomic E-state index is 12.5. The standard InChI is InChI=1S/C18H21ClN2O4S/c1-11(16(23)20-9-12-5-3-4-6-13(12)19)25-17(24)14-10-26-18(2)8-7-15(22)21(14)18/h3-6,11,14H,7-10H2,1-2H3,(H,20,23)/t11-,14-,18-/m0/s1. The van der Waals surface area contributed by atoms with Crippen molar-refractivity contribution in [1.82, 2.24) is 10.2 Å². The molecule has 0 bridgehead atoms. The summed E-state index contributed by atoms with van der Waals surface area (Å²) in [5.74, 6) is -0.471. The Hall–Kier alpha value is -1.73. The summed E-state index contributed by atoms with van der Waals surface area (Å²) in [5, 5.41) is 3.27. The highest BCUT2D eigenvalue weighted by Gasteiger charge is 2.53. The number of nitrogens with zero attached hydrogens (tertiary/aromatic N) is 1. The van der Waals surface area contributed by atoms with Gasteiger partial charge >= 0.3 is 5.97 Å². The molecule has 1 N–H and O–H groups in total. The molecule has 2 heterocycles. The molecular weight excluding hydrogens is 376 g/mol. The minimum atomic E-state index is -0.945. The summed E-state index contributed by atoms with van der Waals surface area (Å²) >= 11 is 7.65. The van der Waals surface area contributed by atoms with Gasteiger partial charge in [-0.15, -0.1) is 11.8 Å². The van der Waals surface area contributed by atoms with Crippen LogP contribution in [0.3, 0.4) is 0 Å². The van der Waals surface area contributed by atoms with Gasteiger partial charge in [-0.05, 0) is 31.9 Å². The fraction of sp³-hybridized carbons (Fsp3) is 0.500. The Bertz CT molecular complexity index is 744. The van der Waals surface area contributed by atoms with E-state index in [9.17, 15) is 14.4 Å². The molecule has 0 radical (unpaired) electrons. The number of esters is 1. The summed E-state index contributed by atoms with van der Waals surface area (Å²) in [6.45, 7) is 3.74. The third-order valence-electron chi connectivity index (χ3n) is 4.79. The number of amides is 2. The molecule has 3 rings (SSSR count). The number of carbonyl (C=O) groups is 3. The number of rotatable bonds is 5. The van der Waals surface area contributed by atoms with Gasteiger partial charge in [-0.1, -0.05) is 29.8 Å². The molecule has 3 atom stereocenters. The van der Waals surface area contributed by atoms with Crippen LogP contribution in [-0.2, 0) is 25.7 Å². The van der Waals surface area contributed by atoms with E-state index in [4.69, 9.17) is 16.3 Å². The van der Waals surface area contributed by atoms with E-state index >= 15 is 0 Å². The molecule has 8 heteroatoms. The van der Waals surface area contributed by atoms with Crippen molar-refractivity contribution < 1.29 is 19.1 Å². The second-order valence-electron chi connectivity index (χ2n) is 6.65. The van der Waals surface area contributed by atoms with Crippen LogP contribution >= 0.6 is 23.4 Å². The molecular formula is C18H21ClN2O4S. The summed E-state index contributed by atoms with van der Waals surface area (Å²) in [6, 6.07) is 6.58. The number of carbonyl (C=O) groups excluding carboxylic acids is 3. The highest BCUT2D eigenvalue weighted by Crippen LogP contribution is 2.47. The lowest BCUT2D eigenvalue weighted by atomic mass is 10.2. The van der Waals surface area contributed by atoms with Crippen molar-refractivity contribution >= 4 is 41.1 Å². The van der Waals surface area contributed by atoms with Crippen molar-refractivity contribution in [2.75, 3.05) is 5.75 Å². The highest BCUT2D eigenvalue weighted by molar-refractivity contribution is 8.01. The van der Waals surface area contributed by atoms with Gasteiger partial charge in [0.2, 0.25) is 5.91 Å². The SMILES string of the molecule is C[C@H](OC(=O)[C@@H]1CS[C@@]2(C)CCC(=O)N12)C(=O)NCc1ccccc1Cl. The molecule has 0 aliphatic carbocycles. The topological polar surface area (TPSA) is 75.7 Å². The molecule has 140 valence electrons. The van der Waals surface area contributed by atoms with E-state index in [0.29, 0.717) is 17.2 Å². The minimum absolute atomic E-state index is 0.0322. The van der Waals surface area contributed by atoms with Crippen LogP contribution < -0.4 is 5.32 Å². The zero-order chi connectivity index (χ0) is 18.9. The lowest BCUT2D eigenvalue weighted by molar-refractivity contribution is -0.161. The average Bonchev–Trinajstić information content (AvgIpc) is 3.10. The highest BCUT2D eigenvalue weighted by atomic mass is 35.5. The van der Waals surface area contributed by atoms with E-state index in [2.05, 4.69) is 5.32 Å². The predicted octanol–water partition coefficient (Wildman–Crippen LogP) is 2.34. The third kappa shape index (κ3) is 3.69. The van der Waals surface area contributed by atoms with Crippen molar-refractivity contribution in [3.05, 3.63) is 34.9 Å². The van der Waals surface area contributed by atoms with Crippen molar-refractivity contribution in [1.29, 1.82) is 0 Å².